The van der Waals surface area contributed by atoms with Gasteiger partial charge < -0.3 is 10.3 Å². The third-order valence-electron chi connectivity index (χ3n) is 4.53. The van der Waals surface area contributed by atoms with Crippen molar-refractivity contribution in [2.24, 2.45) is 5.73 Å². The second-order valence-electron chi connectivity index (χ2n) is 6.00. The van der Waals surface area contributed by atoms with E-state index in [0.717, 1.165) is 17.7 Å². The fourth-order valence-electron chi connectivity index (χ4n) is 3.37. The van der Waals surface area contributed by atoms with Crippen LogP contribution in [-0.4, -0.2) is 17.5 Å². The molecule has 3 heteroatoms. The Morgan fingerprint density at radius 1 is 0.944 bits per heavy atom. The third-order valence-corrected chi connectivity index (χ3v) is 7.52. The smallest absolute Gasteiger partial charge is 0.109 e. The molecule has 0 aromatic heterocycles. The zero-order valence-electron chi connectivity index (χ0n) is 11.9. The summed E-state index contributed by atoms with van der Waals surface area (Å²) in [5.74, 6) is 0. The van der Waals surface area contributed by atoms with Gasteiger partial charge in [0.25, 0.3) is 0 Å². The van der Waals surface area contributed by atoms with E-state index in [1.807, 2.05) is 0 Å². The zero-order chi connectivity index (χ0) is 12.8. The molecule has 2 rings (SSSR count). The van der Waals surface area contributed by atoms with Crippen LogP contribution in [0.5, 0.6) is 0 Å². The van der Waals surface area contributed by atoms with Gasteiger partial charge in [-0.3, -0.25) is 0 Å². The van der Waals surface area contributed by atoms with E-state index in [1.165, 1.54) is 64.2 Å². The summed E-state index contributed by atoms with van der Waals surface area (Å²) in [5.41, 5.74) is 7.79. The first-order valence-corrected chi connectivity index (χ1v) is 9.41. The monoisotopic (exact) mass is 271 g/mol. The lowest BCUT2D eigenvalue weighted by Crippen LogP contribution is -2.28. The Morgan fingerprint density at radius 2 is 1.39 bits per heavy atom. The van der Waals surface area contributed by atoms with Crippen molar-refractivity contribution in [2.45, 2.75) is 95.1 Å². The topological polar surface area (TPSA) is 35.2 Å². The maximum atomic E-state index is 6.32. The molecule has 1 unspecified atom stereocenters. The summed E-state index contributed by atoms with van der Waals surface area (Å²) in [6, 6.07) is 0. The van der Waals surface area contributed by atoms with Crippen molar-refractivity contribution in [3.05, 3.63) is 0 Å². The Kier molecular flexibility index (Phi) is 6.41. The van der Waals surface area contributed by atoms with Crippen LogP contribution in [0.4, 0.5) is 0 Å². The maximum Gasteiger partial charge on any atom is 0.109 e. The lowest BCUT2D eigenvalue weighted by atomic mass is 10.00. The molecule has 18 heavy (non-hydrogen) atoms. The lowest BCUT2D eigenvalue weighted by molar-refractivity contribution is 0.217. The van der Waals surface area contributed by atoms with Crippen LogP contribution in [0.15, 0.2) is 0 Å². The summed E-state index contributed by atoms with van der Waals surface area (Å²) in [5, 5.41) is 0. The van der Waals surface area contributed by atoms with Gasteiger partial charge in [-0.15, -0.1) is 0 Å². The van der Waals surface area contributed by atoms with Crippen LogP contribution in [0.1, 0.15) is 77.6 Å². The van der Waals surface area contributed by atoms with E-state index in [-0.39, 0.29) is 14.4 Å². The molecule has 0 amide bonds. The average molecular weight is 271 g/mol. The number of nitrogens with two attached hydrogens (primary N) is 1. The molecular weight excluding hydrogens is 241 g/mol. The van der Waals surface area contributed by atoms with Gasteiger partial charge in [0.05, 0.1) is 0 Å². The molecule has 0 spiro atoms. The standard InChI is InChI=1S/C15H30NOP/c1-2-15(16)17-18(13-9-5-3-6-10-13)14-11-7-4-8-12-14/h13-15H,2-12,16H2,1H3. The highest BCUT2D eigenvalue weighted by Crippen LogP contribution is 2.56. The highest BCUT2D eigenvalue weighted by Gasteiger charge is 2.33. The van der Waals surface area contributed by atoms with Crippen molar-refractivity contribution in [1.82, 2.24) is 0 Å². The Bertz CT molecular complexity index is 207. The quantitative estimate of drug-likeness (QED) is 0.578. The molecule has 0 saturated heterocycles. The largest absolute Gasteiger partial charge is 0.341 e. The van der Waals surface area contributed by atoms with Crippen LogP contribution < -0.4 is 5.73 Å². The molecule has 2 aliphatic rings. The predicted molar refractivity (Wildman–Crippen MR) is 80.0 cm³/mol. The van der Waals surface area contributed by atoms with E-state index < -0.39 is 0 Å². The Labute approximate surface area is 114 Å². The van der Waals surface area contributed by atoms with E-state index in [1.54, 1.807) is 0 Å². The van der Waals surface area contributed by atoms with Crippen molar-refractivity contribution in [3.8, 4) is 0 Å². The Balaban J connectivity index is 1.95. The first kappa shape index (κ1) is 14.8. The summed E-state index contributed by atoms with van der Waals surface area (Å²) in [7, 11) is -0.267. The van der Waals surface area contributed by atoms with Crippen molar-refractivity contribution < 1.29 is 4.52 Å². The van der Waals surface area contributed by atoms with Crippen LogP contribution in [0.2, 0.25) is 0 Å². The van der Waals surface area contributed by atoms with Gasteiger partial charge in [0.1, 0.15) is 6.23 Å². The van der Waals surface area contributed by atoms with Crippen LogP contribution in [0.3, 0.4) is 0 Å². The summed E-state index contributed by atoms with van der Waals surface area (Å²) in [4.78, 5) is 0. The third kappa shape index (κ3) is 4.18. The molecule has 0 aromatic rings. The van der Waals surface area contributed by atoms with E-state index >= 15 is 0 Å². The van der Waals surface area contributed by atoms with Crippen molar-refractivity contribution in [2.75, 3.05) is 0 Å². The van der Waals surface area contributed by atoms with Crippen LogP contribution in [0.25, 0.3) is 0 Å². The van der Waals surface area contributed by atoms with E-state index in [9.17, 15) is 0 Å². The second kappa shape index (κ2) is 7.82. The highest BCUT2D eigenvalue weighted by atomic mass is 31.1. The van der Waals surface area contributed by atoms with Gasteiger partial charge in [-0.25, -0.2) is 0 Å². The van der Waals surface area contributed by atoms with Gasteiger partial charge >= 0.3 is 0 Å². The maximum absolute atomic E-state index is 6.32. The van der Waals surface area contributed by atoms with Crippen molar-refractivity contribution in [3.63, 3.8) is 0 Å². The van der Waals surface area contributed by atoms with Crippen molar-refractivity contribution in [1.29, 1.82) is 0 Å². The summed E-state index contributed by atoms with van der Waals surface area (Å²) in [6.45, 7) is 2.14. The Morgan fingerprint density at radius 3 is 1.78 bits per heavy atom. The van der Waals surface area contributed by atoms with Gasteiger partial charge in [-0.05, 0) is 32.1 Å². The number of hydrogen-bond donors (Lipinski definition) is 1. The second-order valence-corrected chi connectivity index (χ2v) is 8.39. The minimum absolute atomic E-state index is 0.0139. The molecule has 2 saturated carbocycles. The van der Waals surface area contributed by atoms with Crippen molar-refractivity contribution >= 4 is 8.15 Å². The molecule has 2 nitrogen and oxygen atoms in total. The fraction of sp³-hybridized carbons (Fsp3) is 1.00. The summed E-state index contributed by atoms with van der Waals surface area (Å²) in [6.07, 6.45) is 15.1. The molecule has 2 aliphatic carbocycles. The van der Waals surface area contributed by atoms with E-state index in [4.69, 9.17) is 10.3 Å². The van der Waals surface area contributed by atoms with Crippen LogP contribution >= 0.6 is 8.15 Å². The molecule has 106 valence electrons. The van der Waals surface area contributed by atoms with E-state index in [2.05, 4.69) is 6.92 Å². The molecule has 1 atom stereocenters. The molecule has 2 fully saturated rings. The zero-order valence-corrected chi connectivity index (χ0v) is 12.8. The van der Waals surface area contributed by atoms with Crippen LogP contribution in [0, 0.1) is 0 Å². The average Bonchev–Trinajstić information content (AvgIpc) is 2.46. The van der Waals surface area contributed by atoms with Gasteiger partial charge in [-0.2, -0.15) is 0 Å². The molecule has 0 aliphatic heterocycles. The molecular formula is C15H30NOP. The van der Waals surface area contributed by atoms with Gasteiger partial charge in [-0.1, -0.05) is 45.4 Å². The lowest BCUT2D eigenvalue weighted by Gasteiger charge is -2.38. The molecule has 2 N–H and O–H groups in total. The van der Waals surface area contributed by atoms with Gasteiger partial charge in [0, 0.05) is 19.5 Å². The molecule has 0 bridgehead atoms. The minimum atomic E-state index is -0.267. The Hall–Kier alpha value is 0.350. The number of rotatable bonds is 5. The predicted octanol–water partition coefficient (Wildman–Crippen LogP) is 4.76. The van der Waals surface area contributed by atoms with Gasteiger partial charge in [0.15, 0.2) is 0 Å². The molecule has 0 aromatic carbocycles. The fourth-order valence-corrected chi connectivity index (χ4v) is 6.52. The summed E-state index contributed by atoms with van der Waals surface area (Å²) < 4.78 is 6.32. The summed E-state index contributed by atoms with van der Waals surface area (Å²) >= 11 is 0. The first-order valence-electron chi connectivity index (χ1n) is 8.02. The normalized spacial score (nSPS) is 25.5. The van der Waals surface area contributed by atoms with Crippen LogP contribution in [-0.2, 0) is 4.52 Å². The number of hydrogen-bond acceptors (Lipinski definition) is 2. The first-order chi connectivity index (χ1) is 8.81. The SMILES string of the molecule is CCC(N)OP(C1CCCCC1)C1CCCCC1. The highest BCUT2D eigenvalue weighted by molar-refractivity contribution is 7.54. The molecule has 0 radical (unpaired) electrons. The minimum Gasteiger partial charge on any atom is -0.341 e. The molecule has 0 heterocycles. The van der Waals surface area contributed by atoms with Gasteiger partial charge in [0.2, 0.25) is 0 Å². The van der Waals surface area contributed by atoms with E-state index in [0.29, 0.717) is 0 Å².